The zero-order valence-corrected chi connectivity index (χ0v) is 13.4. The van der Waals surface area contributed by atoms with Gasteiger partial charge < -0.3 is 10.2 Å². The lowest BCUT2D eigenvalue weighted by Gasteiger charge is -2.27. The van der Waals surface area contributed by atoms with Gasteiger partial charge in [0.05, 0.1) is 17.7 Å². The summed E-state index contributed by atoms with van der Waals surface area (Å²) in [6, 6.07) is 7.99. The Morgan fingerprint density at radius 1 is 1.29 bits per heavy atom. The Morgan fingerprint density at radius 3 is 2.90 bits per heavy atom. The van der Waals surface area contributed by atoms with Crippen molar-refractivity contribution in [2.45, 2.75) is 19.3 Å². The van der Waals surface area contributed by atoms with Crippen molar-refractivity contribution in [3.63, 3.8) is 0 Å². The van der Waals surface area contributed by atoms with E-state index in [-0.39, 0.29) is 5.91 Å². The molecule has 0 unspecified atom stereocenters. The highest BCUT2D eigenvalue weighted by Crippen LogP contribution is 2.23. The van der Waals surface area contributed by atoms with Gasteiger partial charge in [-0.1, -0.05) is 12.1 Å². The molecule has 1 amide bonds. The summed E-state index contributed by atoms with van der Waals surface area (Å²) in [5.41, 5.74) is 1.80. The fraction of sp³-hybridized carbons (Fsp3) is 0.375. The highest BCUT2D eigenvalue weighted by atomic mass is 79.9. The van der Waals surface area contributed by atoms with Crippen molar-refractivity contribution < 1.29 is 4.79 Å². The largest absolute Gasteiger partial charge is 0.374 e. The van der Waals surface area contributed by atoms with Gasteiger partial charge in [-0.3, -0.25) is 9.78 Å². The predicted octanol–water partition coefficient (Wildman–Crippen LogP) is 3.42. The smallest absolute Gasteiger partial charge is 0.241 e. The second-order valence-corrected chi connectivity index (χ2v) is 6.24. The molecule has 110 valence electrons. The molecule has 1 aromatic heterocycles. The summed E-state index contributed by atoms with van der Waals surface area (Å²) in [5.74, 6) is 0.170. The molecule has 0 spiro atoms. The lowest BCUT2D eigenvalue weighted by Crippen LogP contribution is -2.39. The van der Waals surface area contributed by atoms with Crippen molar-refractivity contribution in [1.29, 1.82) is 0 Å². The minimum Gasteiger partial charge on any atom is -0.374 e. The van der Waals surface area contributed by atoms with Gasteiger partial charge in [0.25, 0.3) is 0 Å². The Balaban J connectivity index is 1.71. The van der Waals surface area contributed by atoms with E-state index in [9.17, 15) is 4.79 Å². The fourth-order valence-corrected chi connectivity index (χ4v) is 3.05. The number of fused-ring (bicyclic) bond motifs is 1. The van der Waals surface area contributed by atoms with E-state index < -0.39 is 0 Å². The molecule has 1 N–H and O–H groups in total. The molecule has 5 heteroatoms. The second kappa shape index (κ2) is 6.43. The van der Waals surface area contributed by atoms with E-state index in [2.05, 4.69) is 26.2 Å². The molecule has 21 heavy (non-hydrogen) atoms. The summed E-state index contributed by atoms with van der Waals surface area (Å²) in [6.45, 7) is 2.11. The normalized spacial score (nSPS) is 15.2. The molecule has 0 bridgehead atoms. The molecule has 3 rings (SSSR count). The van der Waals surface area contributed by atoms with Crippen LogP contribution in [-0.4, -0.2) is 35.4 Å². The number of carbonyl (C=O) groups excluding carboxylic acids is 1. The molecule has 2 heterocycles. The summed E-state index contributed by atoms with van der Waals surface area (Å²) in [5, 5.41) is 4.29. The molecule has 2 aromatic rings. The summed E-state index contributed by atoms with van der Waals surface area (Å²) in [6.07, 6.45) is 5.25. The fourth-order valence-electron chi connectivity index (χ4n) is 2.70. The van der Waals surface area contributed by atoms with Crippen LogP contribution in [0.25, 0.3) is 10.9 Å². The van der Waals surface area contributed by atoms with Crippen molar-refractivity contribution in [2.75, 3.05) is 25.0 Å². The maximum absolute atomic E-state index is 12.2. The maximum atomic E-state index is 12.2. The van der Waals surface area contributed by atoms with Crippen LogP contribution in [0, 0.1) is 0 Å². The predicted molar refractivity (Wildman–Crippen MR) is 88.4 cm³/mol. The second-order valence-electron chi connectivity index (χ2n) is 5.33. The number of likely N-dealkylation sites (tertiary alicyclic amines) is 1. The van der Waals surface area contributed by atoms with Crippen LogP contribution in [0.15, 0.2) is 34.9 Å². The number of amides is 1. The molecule has 1 aliphatic rings. The van der Waals surface area contributed by atoms with Gasteiger partial charge in [-0.2, -0.15) is 0 Å². The standard InChI is InChI=1S/C16H18BrN3O/c17-13-9-12-5-4-6-14(16(12)19-10-13)18-11-15(21)20-7-2-1-3-8-20/h4-6,9-10,18H,1-3,7-8,11H2. The number of benzene rings is 1. The Kier molecular flexibility index (Phi) is 4.39. The summed E-state index contributed by atoms with van der Waals surface area (Å²) >= 11 is 3.43. The molecule has 1 fully saturated rings. The third-order valence-corrected chi connectivity index (χ3v) is 4.25. The van der Waals surface area contributed by atoms with Crippen LogP contribution < -0.4 is 5.32 Å². The number of halogens is 1. The number of hydrogen-bond acceptors (Lipinski definition) is 3. The number of pyridine rings is 1. The number of nitrogens with one attached hydrogen (secondary N) is 1. The number of piperidine rings is 1. The number of rotatable bonds is 3. The first-order valence-electron chi connectivity index (χ1n) is 7.30. The molecular weight excluding hydrogens is 330 g/mol. The first-order valence-corrected chi connectivity index (χ1v) is 8.09. The van der Waals surface area contributed by atoms with Crippen LogP contribution >= 0.6 is 15.9 Å². The van der Waals surface area contributed by atoms with E-state index in [1.165, 1.54) is 6.42 Å². The third kappa shape index (κ3) is 3.35. The molecule has 1 aliphatic heterocycles. The van der Waals surface area contributed by atoms with Crippen molar-refractivity contribution in [2.24, 2.45) is 0 Å². The quantitative estimate of drug-likeness (QED) is 0.925. The maximum Gasteiger partial charge on any atom is 0.241 e. The van der Waals surface area contributed by atoms with Crippen LogP contribution in [0.4, 0.5) is 5.69 Å². The molecule has 0 radical (unpaired) electrons. The van der Waals surface area contributed by atoms with Gasteiger partial charge in [-0.05, 0) is 47.3 Å². The van der Waals surface area contributed by atoms with E-state index in [0.717, 1.165) is 47.0 Å². The molecule has 0 atom stereocenters. The molecule has 0 saturated carbocycles. The highest BCUT2D eigenvalue weighted by Gasteiger charge is 2.16. The van der Waals surface area contributed by atoms with E-state index in [1.807, 2.05) is 29.2 Å². The summed E-state index contributed by atoms with van der Waals surface area (Å²) < 4.78 is 0.955. The van der Waals surface area contributed by atoms with Crippen LogP contribution in [0.1, 0.15) is 19.3 Å². The minimum atomic E-state index is 0.170. The highest BCUT2D eigenvalue weighted by molar-refractivity contribution is 9.10. The van der Waals surface area contributed by atoms with Crippen molar-refractivity contribution in [3.8, 4) is 0 Å². The van der Waals surface area contributed by atoms with Gasteiger partial charge in [0.2, 0.25) is 5.91 Å². The van der Waals surface area contributed by atoms with Crippen LogP contribution in [0.2, 0.25) is 0 Å². The molecular formula is C16H18BrN3O. The summed E-state index contributed by atoms with van der Waals surface area (Å²) in [4.78, 5) is 18.6. The topological polar surface area (TPSA) is 45.2 Å². The van der Waals surface area contributed by atoms with Gasteiger partial charge in [0.15, 0.2) is 0 Å². The summed E-state index contributed by atoms with van der Waals surface area (Å²) in [7, 11) is 0. The van der Waals surface area contributed by atoms with E-state index >= 15 is 0 Å². The Labute approximate surface area is 132 Å². The van der Waals surface area contributed by atoms with Gasteiger partial charge in [0.1, 0.15) is 0 Å². The average molecular weight is 348 g/mol. The molecule has 1 saturated heterocycles. The average Bonchev–Trinajstić information content (AvgIpc) is 2.53. The Bertz CT molecular complexity index is 653. The first-order chi connectivity index (χ1) is 10.2. The van der Waals surface area contributed by atoms with Crippen LogP contribution in [0.5, 0.6) is 0 Å². The van der Waals surface area contributed by atoms with Gasteiger partial charge >= 0.3 is 0 Å². The van der Waals surface area contributed by atoms with E-state index in [0.29, 0.717) is 6.54 Å². The van der Waals surface area contributed by atoms with Gasteiger partial charge in [-0.25, -0.2) is 0 Å². The van der Waals surface area contributed by atoms with Crippen molar-refractivity contribution in [1.82, 2.24) is 9.88 Å². The lowest BCUT2D eigenvalue weighted by molar-refractivity contribution is -0.130. The van der Waals surface area contributed by atoms with Crippen molar-refractivity contribution in [3.05, 3.63) is 34.9 Å². The minimum absolute atomic E-state index is 0.170. The monoisotopic (exact) mass is 347 g/mol. The number of anilines is 1. The molecule has 1 aromatic carbocycles. The van der Waals surface area contributed by atoms with Gasteiger partial charge in [0, 0.05) is 29.1 Å². The number of nitrogens with zero attached hydrogens (tertiary/aromatic N) is 2. The zero-order valence-electron chi connectivity index (χ0n) is 11.8. The third-order valence-electron chi connectivity index (χ3n) is 3.82. The number of aromatic nitrogens is 1. The molecule has 0 aliphatic carbocycles. The SMILES string of the molecule is O=C(CNc1cccc2cc(Br)cnc12)N1CCCCC1. The number of hydrogen-bond donors (Lipinski definition) is 1. The van der Waals surface area contributed by atoms with E-state index in [1.54, 1.807) is 6.20 Å². The van der Waals surface area contributed by atoms with Crippen molar-refractivity contribution >= 4 is 38.4 Å². The van der Waals surface area contributed by atoms with Crippen LogP contribution in [0.3, 0.4) is 0 Å². The lowest BCUT2D eigenvalue weighted by atomic mass is 10.1. The van der Waals surface area contributed by atoms with Gasteiger partial charge in [-0.15, -0.1) is 0 Å². The molecule has 4 nitrogen and oxygen atoms in total. The zero-order chi connectivity index (χ0) is 14.7. The van der Waals surface area contributed by atoms with E-state index in [4.69, 9.17) is 0 Å². The first kappa shape index (κ1) is 14.3. The Hall–Kier alpha value is -1.62. The Morgan fingerprint density at radius 2 is 2.10 bits per heavy atom. The number of carbonyl (C=O) groups is 1. The van der Waals surface area contributed by atoms with Crippen LogP contribution in [-0.2, 0) is 4.79 Å². The number of para-hydroxylation sites is 1.